The molecule has 0 spiro atoms. The lowest BCUT2D eigenvalue weighted by Crippen LogP contribution is -2.43. The molecule has 24 nitrogen and oxygen atoms in total. The van der Waals surface area contributed by atoms with Crippen LogP contribution in [0, 0.1) is 0 Å². The number of amides is 4. The Morgan fingerprint density at radius 1 is 0.569 bits per heavy atom. The van der Waals surface area contributed by atoms with E-state index in [1.54, 1.807) is 84.2 Å². The van der Waals surface area contributed by atoms with Crippen LogP contribution in [0.15, 0.2) is 85.2 Å². The molecule has 2 unspecified atom stereocenters. The molecule has 12 rings (SSSR count). The molecule has 6 aromatic heterocycles. The Labute approximate surface area is 600 Å². The number of fused-ring (bicyclic) bond motifs is 2. The molecule has 2 saturated heterocycles. The van der Waals surface area contributed by atoms with Crippen LogP contribution in [0.4, 0.5) is 37.7 Å². The van der Waals surface area contributed by atoms with E-state index in [0.717, 1.165) is 35.4 Å². The Bertz CT molecular complexity index is 4190. The summed E-state index contributed by atoms with van der Waals surface area (Å²) in [5.74, 6) is -0.0811. The largest absolute Gasteiger partial charge is 0.481 e. The van der Waals surface area contributed by atoms with Gasteiger partial charge in [-0.15, -0.1) is 0 Å². The maximum absolute atomic E-state index is 13.4. The predicted molar refractivity (Wildman–Crippen MR) is 369 cm³/mol. The van der Waals surface area contributed by atoms with Crippen LogP contribution in [0.5, 0.6) is 11.8 Å². The van der Waals surface area contributed by atoms with E-state index >= 15 is 0 Å². The second kappa shape index (κ2) is 32.0. The number of methoxy groups -OCH3 is 2. The van der Waals surface area contributed by atoms with Gasteiger partial charge in [-0.2, -0.15) is 26.3 Å². The smallest absolute Gasteiger partial charge is 0.415 e. The highest BCUT2D eigenvalue weighted by molar-refractivity contribution is 6.40. The highest BCUT2D eigenvalue weighted by atomic mass is 35.5. The van der Waals surface area contributed by atoms with Crippen molar-refractivity contribution < 1.29 is 65.2 Å². The minimum atomic E-state index is -4.73. The van der Waals surface area contributed by atoms with Crippen LogP contribution < -0.4 is 41.4 Å². The molecule has 8 aromatic rings. The van der Waals surface area contributed by atoms with Gasteiger partial charge in [0.05, 0.1) is 79.8 Å². The quantitative estimate of drug-likeness (QED) is 0.0293. The second-order valence-electron chi connectivity index (χ2n) is 24.7. The maximum atomic E-state index is 13.4. The fourth-order valence-electron chi connectivity index (χ4n) is 12.5. The lowest BCUT2D eigenvalue weighted by molar-refractivity contribution is -0.209. The summed E-state index contributed by atoms with van der Waals surface area (Å²) in [5.41, 5.74) is 8.41. The normalized spacial score (nSPS) is 16.9. The van der Waals surface area contributed by atoms with Crippen molar-refractivity contribution in [3.05, 3.63) is 151 Å². The Morgan fingerprint density at radius 2 is 0.971 bits per heavy atom. The predicted octanol–water partition coefficient (Wildman–Crippen LogP) is 9.52. The van der Waals surface area contributed by atoms with Crippen molar-refractivity contribution in [1.29, 1.82) is 0 Å². The molecule has 102 heavy (non-hydrogen) atoms. The molecule has 0 saturated carbocycles. The van der Waals surface area contributed by atoms with Gasteiger partial charge in [0.1, 0.15) is 0 Å². The number of aliphatic hydroxyl groups is 2. The van der Waals surface area contributed by atoms with E-state index in [-0.39, 0.29) is 93.2 Å². The Morgan fingerprint density at radius 3 is 1.33 bits per heavy atom. The number of nitrogens with zero attached hydrogens (tertiary/aromatic N) is 10. The summed E-state index contributed by atoms with van der Waals surface area (Å²) in [4.78, 5) is 80.0. The molecule has 4 atom stereocenters. The number of halogens is 10. The SMILES string of the molecule is COc1nc(-c2ccnc(-c3cccc(NC(=O)c4nc5c(n4C)CCN(CC(O)C(F)(F)F)C5)c3Cl)c2Cl)ccc1CNC[C@@H]1CCC(=O)N1.COc1nc(-c2ccnc(-c3cccc(NC(=O)c4nc5c(n4C)CCN(CC(O)C(F)(F)F)C5)c3Cl)c2Cl)ccc1CNC[C@@H]1CCC(=O)N1. The molecule has 0 radical (unpaired) electrons. The number of hydrogen-bond acceptors (Lipinski definition) is 18. The summed E-state index contributed by atoms with van der Waals surface area (Å²) in [6.07, 6.45) is -7.89. The van der Waals surface area contributed by atoms with E-state index < -0.39 is 49.5 Å². The van der Waals surface area contributed by atoms with Crippen LogP contribution in [-0.4, -0.2) is 173 Å². The number of anilines is 2. The van der Waals surface area contributed by atoms with E-state index in [4.69, 9.17) is 55.9 Å². The summed E-state index contributed by atoms with van der Waals surface area (Å²) < 4.78 is 91.8. The topological polar surface area (TPSA) is 293 Å². The number of nitrogens with one attached hydrogen (secondary N) is 6. The van der Waals surface area contributed by atoms with Crippen molar-refractivity contribution in [3.63, 3.8) is 0 Å². The molecule has 0 aliphatic carbocycles. The molecule has 2 fully saturated rings. The number of hydrogen-bond donors (Lipinski definition) is 8. The first-order chi connectivity index (χ1) is 48.7. The van der Waals surface area contributed by atoms with Crippen molar-refractivity contribution in [3.8, 4) is 56.8 Å². The van der Waals surface area contributed by atoms with Gasteiger partial charge in [0.15, 0.2) is 23.9 Å². The first kappa shape index (κ1) is 74.6. The zero-order valence-corrected chi connectivity index (χ0v) is 58.3. The molecule has 4 aliphatic heterocycles. The summed E-state index contributed by atoms with van der Waals surface area (Å²) >= 11 is 27.5. The van der Waals surface area contributed by atoms with E-state index in [1.165, 1.54) is 24.0 Å². The van der Waals surface area contributed by atoms with Gasteiger partial charge in [0.2, 0.25) is 23.6 Å². The van der Waals surface area contributed by atoms with Crippen LogP contribution in [0.2, 0.25) is 20.1 Å². The molecule has 540 valence electrons. The van der Waals surface area contributed by atoms with Gasteiger partial charge in [-0.3, -0.25) is 38.9 Å². The van der Waals surface area contributed by atoms with Crippen molar-refractivity contribution in [2.24, 2.45) is 14.1 Å². The van der Waals surface area contributed by atoms with Gasteiger partial charge >= 0.3 is 12.4 Å². The first-order valence-electron chi connectivity index (χ1n) is 32.3. The Kier molecular flexibility index (Phi) is 23.4. The standard InChI is InChI=1S/2C34H35Cl2F3N8O4/c2*1-46-25-11-13-47(17-26(48)34(37,38)39)16-24(25)43-31(46)32(50)44-23-5-3-4-21(28(23)35)30-29(36)20(10-12-41-30)22-8-6-18(33(45-22)51-2)14-40-15-19-7-9-27(49)42-19/h2*3-6,8,10,12,19,26,40,48H,7,9,11,13-17H2,1-2H3,(H,42,49)(H,44,50)/t2*19-,26?/m00/s1. The number of imidazole rings is 2. The maximum Gasteiger partial charge on any atom is 0.415 e. The van der Waals surface area contributed by atoms with Gasteiger partial charge < -0.3 is 60.7 Å². The molecule has 2 aromatic carbocycles. The number of β-amino-alcohol motifs (C(OH)–C–C–N with tert-alkyl or cyclic N) is 2. The van der Waals surface area contributed by atoms with E-state index in [9.17, 15) is 55.7 Å². The van der Waals surface area contributed by atoms with Crippen LogP contribution >= 0.6 is 46.4 Å². The van der Waals surface area contributed by atoms with Gasteiger partial charge in [-0.05, 0) is 49.2 Å². The van der Waals surface area contributed by atoms with E-state index in [0.29, 0.717) is 120 Å². The Hall–Kier alpha value is -8.56. The van der Waals surface area contributed by atoms with Crippen molar-refractivity contribution >= 4 is 81.4 Å². The van der Waals surface area contributed by atoms with Crippen LogP contribution in [0.3, 0.4) is 0 Å². The average Bonchev–Trinajstić information content (AvgIpc) is 0.988. The molecule has 10 heterocycles. The molecule has 4 amide bonds. The first-order valence-corrected chi connectivity index (χ1v) is 33.8. The number of ether oxygens (including phenoxy) is 2. The monoisotopic (exact) mass is 1490 g/mol. The van der Waals surface area contributed by atoms with Gasteiger partial charge in [-0.1, -0.05) is 82.8 Å². The Balaban J connectivity index is 0.000000205. The number of carbonyl (C=O) groups is 4. The highest BCUT2D eigenvalue weighted by Gasteiger charge is 2.42. The molecule has 4 aliphatic rings. The van der Waals surface area contributed by atoms with E-state index in [1.807, 2.05) is 24.3 Å². The summed E-state index contributed by atoms with van der Waals surface area (Å²) in [7, 11) is 6.39. The average molecular weight is 1500 g/mol. The number of aliphatic hydroxyl groups excluding tert-OH is 2. The van der Waals surface area contributed by atoms with Gasteiger partial charge in [-0.25, -0.2) is 19.9 Å². The second-order valence-corrected chi connectivity index (χ2v) is 26.3. The third kappa shape index (κ3) is 17.1. The number of alkyl halides is 6. The lowest BCUT2D eigenvalue weighted by atomic mass is 10.1. The summed E-state index contributed by atoms with van der Waals surface area (Å²) in [6.45, 7) is 1.70. The number of aromatic nitrogens is 8. The zero-order valence-electron chi connectivity index (χ0n) is 55.3. The fourth-order valence-corrected chi connectivity index (χ4v) is 13.6. The number of pyridine rings is 4. The van der Waals surface area contributed by atoms with Gasteiger partial charge in [0.25, 0.3) is 11.8 Å². The molecule has 8 N–H and O–H groups in total. The summed E-state index contributed by atoms with van der Waals surface area (Å²) in [6, 6.07) is 21.1. The zero-order chi connectivity index (χ0) is 72.9. The molecule has 0 bridgehead atoms. The molecular formula is C68H70Cl4F6N16O8. The van der Waals surface area contributed by atoms with Crippen molar-refractivity contribution in [2.75, 3.05) is 64.1 Å². The number of benzene rings is 2. The van der Waals surface area contributed by atoms with Crippen LogP contribution in [-0.2, 0) is 62.7 Å². The third-order valence-electron chi connectivity index (χ3n) is 17.9. The van der Waals surface area contributed by atoms with Crippen LogP contribution in [0.25, 0.3) is 45.0 Å². The third-order valence-corrected chi connectivity index (χ3v) is 19.5. The number of rotatable bonds is 22. The summed E-state index contributed by atoms with van der Waals surface area (Å²) in [5, 5.41) is 38.0. The van der Waals surface area contributed by atoms with Crippen molar-refractivity contribution in [1.82, 2.24) is 70.1 Å². The lowest BCUT2D eigenvalue weighted by Gasteiger charge is -2.29. The highest BCUT2D eigenvalue weighted by Crippen LogP contribution is 2.43. The van der Waals surface area contributed by atoms with Crippen LogP contribution in [0.1, 0.15) is 80.8 Å². The van der Waals surface area contributed by atoms with E-state index in [2.05, 4.69) is 61.8 Å². The molecular weight excluding hydrogens is 1420 g/mol. The minimum Gasteiger partial charge on any atom is -0.481 e. The van der Waals surface area contributed by atoms with Gasteiger partial charge in [0, 0.05) is 174 Å². The number of carbonyl (C=O) groups excluding carboxylic acids is 4. The van der Waals surface area contributed by atoms with Crippen molar-refractivity contribution in [2.45, 2.75) is 101 Å². The molecule has 34 heteroatoms. The minimum absolute atomic E-state index is 0.0572. The fraction of sp³-hybridized carbons (Fsp3) is 0.382.